The molecule has 0 amide bonds. The molecule has 0 unspecified atom stereocenters. The molecule has 3 rings (SSSR count). The second-order valence-electron chi connectivity index (χ2n) is 6.69. The zero-order valence-corrected chi connectivity index (χ0v) is 12.3. The van der Waals surface area contributed by atoms with Gasteiger partial charge in [-0.3, -0.25) is 0 Å². The van der Waals surface area contributed by atoms with Gasteiger partial charge in [0, 0.05) is 18.1 Å². The second-order valence-corrected chi connectivity index (χ2v) is 6.69. The topological polar surface area (TPSA) is 18.5 Å². The Morgan fingerprint density at radius 3 is 2.58 bits per heavy atom. The van der Waals surface area contributed by atoms with E-state index in [-0.39, 0.29) is 5.54 Å². The zero-order chi connectivity index (χ0) is 13.5. The van der Waals surface area contributed by atoms with E-state index < -0.39 is 0 Å². The molecule has 3 heteroatoms. The minimum Gasteiger partial charge on any atom is -0.377 e. The van der Waals surface area contributed by atoms with E-state index in [4.69, 9.17) is 0 Å². The molecule has 0 bridgehead atoms. The van der Waals surface area contributed by atoms with Gasteiger partial charge in [0.05, 0.1) is 11.4 Å². The van der Waals surface area contributed by atoms with Crippen molar-refractivity contribution in [2.75, 3.05) is 36.9 Å². The molecule has 1 aromatic carbocycles. The van der Waals surface area contributed by atoms with Crippen molar-refractivity contribution in [1.29, 1.82) is 0 Å². The Morgan fingerprint density at radius 1 is 1.16 bits per heavy atom. The van der Waals surface area contributed by atoms with Crippen LogP contribution >= 0.6 is 0 Å². The van der Waals surface area contributed by atoms with Crippen LogP contribution in [-0.2, 0) is 0 Å². The van der Waals surface area contributed by atoms with Gasteiger partial charge in [0.2, 0.25) is 0 Å². The molecule has 0 aliphatic carbocycles. The Labute approximate surface area is 116 Å². The summed E-state index contributed by atoms with van der Waals surface area (Å²) in [5.41, 5.74) is 2.83. The molecule has 0 spiro atoms. The van der Waals surface area contributed by atoms with Gasteiger partial charge in [0.25, 0.3) is 0 Å². The predicted octanol–water partition coefficient (Wildman–Crippen LogP) is 2.79. The standard InChI is InChI=1S/C16H25N3/c1-16(2)12-19(13-8-10-18(3)11-9-13)15-7-5-4-6-14(15)17-16/h4-7,13,17H,8-12H2,1-3H3. The van der Waals surface area contributed by atoms with Crippen molar-refractivity contribution in [1.82, 2.24) is 4.90 Å². The highest BCUT2D eigenvalue weighted by molar-refractivity contribution is 5.73. The summed E-state index contributed by atoms with van der Waals surface area (Å²) in [5.74, 6) is 0. The van der Waals surface area contributed by atoms with Crippen LogP contribution in [0.4, 0.5) is 11.4 Å². The minimum atomic E-state index is 0.150. The summed E-state index contributed by atoms with van der Waals surface area (Å²) in [7, 11) is 2.23. The number of anilines is 2. The first-order chi connectivity index (χ1) is 9.05. The van der Waals surface area contributed by atoms with Gasteiger partial charge in [-0.2, -0.15) is 0 Å². The molecule has 0 radical (unpaired) electrons. The normalized spacial score (nSPS) is 23.8. The molecule has 2 heterocycles. The Morgan fingerprint density at radius 2 is 1.84 bits per heavy atom. The molecule has 19 heavy (non-hydrogen) atoms. The molecule has 0 aromatic heterocycles. The SMILES string of the molecule is CN1CCC(N2CC(C)(C)Nc3ccccc32)CC1. The van der Waals surface area contributed by atoms with Crippen LogP contribution in [0.2, 0.25) is 0 Å². The number of rotatable bonds is 1. The number of hydrogen-bond donors (Lipinski definition) is 1. The number of fused-ring (bicyclic) bond motifs is 1. The van der Waals surface area contributed by atoms with Crippen molar-refractivity contribution >= 4 is 11.4 Å². The molecule has 1 N–H and O–H groups in total. The van der Waals surface area contributed by atoms with Crippen molar-refractivity contribution in [3.05, 3.63) is 24.3 Å². The van der Waals surface area contributed by atoms with E-state index in [1.54, 1.807) is 0 Å². The first-order valence-electron chi connectivity index (χ1n) is 7.38. The summed E-state index contributed by atoms with van der Waals surface area (Å²) in [4.78, 5) is 5.08. The lowest BCUT2D eigenvalue weighted by Gasteiger charge is -2.47. The van der Waals surface area contributed by atoms with Crippen LogP contribution in [-0.4, -0.2) is 43.2 Å². The van der Waals surface area contributed by atoms with Crippen molar-refractivity contribution in [3.63, 3.8) is 0 Å². The van der Waals surface area contributed by atoms with E-state index in [1.807, 2.05) is 0 Å². The van der Waals surface area contributed by atoms with Gasteiger partial charge >= 0.3 is 0 Å². The average Bonchev–Trinajstić information content (AvgIpc) is 2.37. The third-order valence-corrected chi connectivity index (χ3v) is 4.38. The Hall–Kier alpha value is -1.22. The van der Waals surface area contributed by atoms with Crippen LogP contribution in [0.15, 0.2) is 24.3 Å². The summed E-state index contributed by atoms with van der Waals surface area (Å²) >= 11 is 0. The first kappa shape index (κ1) is 12.8. The van der Waals surface area contributed by atoms with Gasteiger partial charge in [0.1, 0.15) is 0 Å². The maximum Gasteiger partial charge on any atom is 0.0605 e. The molecule has 1 aromatic rings. The number of nitrogens with one attached hydrogen (secondary N) is 1. The van der Waals surface area contributed by atoms with Crippen LogP contribution in [0.1, 0.15) is 26.7 Å². The van der Waals surface area contributed by atoms with Gasteiger partial charge in [-0.1, -0.05) is 12.1 Å². The maximum atomic E-state index is 3.66. The first-order valence-corrected chi connectivity index (χ1v) is 7.38. The third kappa shape index (κ3) is 2.57. The van der Waals surface area contributed by atoms with Gasteiger partial charge in [-0.05, 0) is 59.0 Å². The fourth-order valence-corrected chi connectivity index (χ4v) is 3.38. The molecular formula is C16H25N3. The van der Waals surface area contributed by atoms with Gasteiger partial charge in [-0.25, -0.2) is 0 Å². The fraction of sp³-hybridized carbons (Fsp3) is 0.625. The molecule has 3 nitrogen and oxygen atoms in total. The highest BCUT2D eigenvalue weighted by Gasteiger charge is 2.33. The lowest BCUT2D eigenvalue weighted by atomic mass is 9.94. The molecule has 104 valence electrons. The Kier molecular flexibility index (Phi) is 3.17. The number of likely N-dealkylation sites (tertiary alicyclic amines) is 1. The molecule has 1 saturated heterocycles. The van der Waals surface area contributed by atoms with E-state index in [2.05, 4.69) is 60.3 Å². The molecule has 0 atom stereocenters. The van der Waals surface area contributed by atoms with Gasteiger partial charge in [-0.15, -0.1) is 0 Å². The average molecular weight is 259 g/mol. The third-order valence-electron chi connectivity index (χ3n) is 4.38. The Bertz CT molecular complexity index is 447. The van der Waals surface area contributed by atoms with Crippen LogP contribution in [0.3, 0.4) is 0 Å². The second kappa shape index (κ2) is 4.71. The van der Waals surface area contributed by atoms with Crippen LogP contribution in [0, 0.1) is 0 Å². The summed E-state index contributed by atoms with van der Waals surface area (Å²) in [6.45, 7) is 8.13. The van der Waals surface area contributed by atoms with Gasteiger partial charge in [0.15, 0.2) is 0 Å². The largest absolute Gasteiger partial charge is 0.377 e. The number of nitrogens with zero attached hydrogens (tertiary/aromatic N) is 2. The van der Waals surface area contributed by atoms with Crippen LogP contribution < -0.4 is 10.2 Å². The van der Waals surface area contributed by atoms with Crippen molar-refractivity contribution in [2.24, 2.45) is 0 Å². The monoisotopic (exact) mass is 259 g/mol. The number of benzene rings is 1. The summed E-state index contributed by atoms with van der Waals surface area (Å²) in [5, 5.41) is 3.66. The fourth-order valence-electron chi connectivity index (χ4n) is 3.38. The van der Waals surface area contributed by atoms with Gasteiger partial charge < -0.3 is 15.1 Å². The van der Waals surface area contributed by atoms with E-state index >= 15 is 0 Å². The van der Waals surface area contributed by atoms with E-state index in [0.717, 1.165) is 6.54 Å². The molecule has 1 fully saturated rings. The zero-order valence-electron chi connectivity index (χ0n) is 12.3. The lowest BCUT2D eigenvalue weighted by molar-refractivity contribution is 0.246. The van der Waals surface area contributed by atoms with Crippen LogP contribution in [0.25, 0.3) is 0 Å². The Balaban J connectivity index is 1.88. The highest BCUT2D eigenvalue weighted by atomic mass is 15.3. The number of para-hydroxylation sites is 2. The smallest absolute Gasteiger partial charge is 0.0605 e. The summed E-state index contributed by atoms with van der Waals surface area (Å²) in [6, 6.07) is 9.44. The van der Waals surface area contributed by atoms with E-state index in [9.17, 15) is 0 Å². The van der Waals surface area contributed by atoms with E-state index in [1.165, 1.54) is 37.3 Å². The summed E-state index contributed by atoms with van der Waals surface area (Å²) < 4.78 is 0. The molecular weight excluding hydrogens is 234 g/mol. The lowest BCUT2D eigenvalue weighted by Crippen LogP contribution is -2.54. The quantitative estimate of drug-likeness (QED) is 0.836. The van der Waals surface area contributed by atoms with Crippen molar-refractivity contribution in [3.8, 4) is 0 Å². The number of hydrogen-bond acceptors (Lipinski definition) is 3. The maximum absolute atomic E-state index is 3.66. The van der Waals surface area contributed by atoms with Crippen molar-refractivity contribution in [2.45, 2.75) is 38.3 Å². The van der Waals surface area contributed by atoms with E-state index in [0.29, 0.717) is 6.04 Å². The van der Waals surface area contributed by atoms with Crippen molar-refractivity contribution < 1.29 is 0 Å². The molecule has 2 aliphatic rings. The summed E-state index contributed by atoms with van der Waals surface area (Å²) in [6.07, 6.45) is 2.56. The predicted molar refractivity (Wildman–Crippen MR) is 82.0 cm³/mol. The number of piperidine rings is 1. The minimum absolute atomic E-state index is 0.150. The highest BCUT2D eigenvalue weighted by Crippen LogP contribution is 2.37. The molecule has 0 saturated carbocycles. The molecule has 2 aliphatic heterocycles. The van der Waals surface area contributed by atoms with Crippen LogP contribution in [0.5, 0.6) is 0 Å².